The second-order valence-electron chi connectivity index (χ2n) is 11.7. The molecule has 1 spiro atoms. The van der Waals surface area contributed by atoms with Crippen molar-refractivity contribution in [3.8, 4) is 0 Å². The first-order valence-corrected chi connectivity index (χ1v) is 13.8. The lowest BCUT2D eigenvalue weighted by Crippen LogP contribution is -2.57. The lowest BCUT2D eigenvalue weighted by Gasteiger charge is -2.41. The molecule has 1 aliphatic heterocycles. The normalized spacial score (nSPS) is 19.1. The Morgan fingerprint density at radius 3 is 2.39 bits per heavy atom. The number of benzene rings is 2. The van der Waals surface area contributed by atoms with Gasteiger partial charge in [-0.3, -0.25) is 14.4 Å². The molecule has 38 heavy (non-hydrogen) atoms. The standard InChI is InChI=1S/C31H41N3O4/c1-30(2,32)29(38)33-26(14-8-11-22-9-4-3-5-10-22)28(37)34-19-17-31(18-20-34)21-23(15-16-27(35)36)24-12-6-7-13-25(24)31/h3-7,9-10,12-13,23,26H,8,11,14-21,32H2,1-2H3,(H,33,38)(H,35,36)/t23?,26-/m1/s1. The molecule has 2 aliphatic rings. The second kappa shape index (κ2) is 11.7. The number of likely N-dealkylation sites (tertiary alicyclic amines) is 1. The molecule has 4 rings (SSSR count). The smallest absolute Gasteiger partial charge is 0.303 e. The summed E-state index contributed by atoms with van der Waals surface area (Å²) in [5, 5.41) is 12.2. The van der Waals surface area contributed by atoms with Crippen LogP contribution in [0.25, 0.3) is 0 Å². The summed E-state index contributed by atoms with van der Waals surface area (Å²) in [4.78, 5) is 39.6. The first kappa shape index (κ1) is 27.8. The maximum Gasteiger partial charge on any atom is 0.303 e. The fraction of sp³-hybridized carbons (Fsp3) is 0.516. The molecule has 2 atom stereocenters. The zero-order valence-electron chi connectivity index (χ0n) is 22.6. The van der Waals surface area contributed by atoms with E-state index in [1.807, 2.05) is 29.2 Å². The average Bonchev–Trinajstić information content (AvgIpc) is 3.20. The van der Waals surface area contributed by atoms with E-state index in [0.717, 1.165) is 32.1 Å². The molecule has 7 nitrogen and oxygen atoms in total. The number of aryl methyl sites for hydroxylation is 1. The Kier molecular flexibility index (Phi) is 8.56. The van der Waals surface area contributed by atoms with E-state index in [1.54, 1.807) is 13.8 Å². The van der Waals surface area contributed by atoms with Crippen LogP contribution < -0.4 is 11.1 Å². The Hall–Kier alpha value is -3.19. The fourth-order valence-corrected chi connectivity index (χ4v) is 6.19. The first-order valence-electron chi connectivity index (χ1n) is 13.8. The summed E-state index contributed by atoms with van der Waals surface area (Å²) in [6.45, 7) is 4.54. The molecule has 0 bridgehead atoms. The van der Waals surface area contributed by atoms with Crippen molar-refractivity contribution in [2.75, 3.05) is 13.1 Å². The lowest BCUT2D eigenvalue weighted by atomic mass is 9.73. The summed E-state index contributed by atoms with van der Waals surface area (Å²) in [6.07, 6.45) is 5.59. The number of nitrogens with two attached hydrogens (primary N) is 1. The summed E-state index contributed by atoms with van der Waals surface area (Å²) < 4.78 is 0. The number of fused-ring (bicyclic) bond motifs is 2. The number of piperidine rings is 1. The van der Waals surface area contributed by atoms with Crippen LogP contribution in [0.2, 0.25) is 0 Å². The minimum absolute atomic E-state index is 0.0259. The number of hydrogen-bond acceptors (Lipinski definition) is 4. The van der Waals surface area contributed by atoms with E-state index < -0.39 is 17.6 Å². The second-order valence-corrected chi connectivity index (χ2v) is 11.7. The maximum atomic E-state index is 13.7. The summed E-state index contributed by atoms with van der Waals surface area (Å²) in [6, 6.07) is 18.0. The van der Waals surface area contributed by atoms with Crippen LogP contribution in [0.15, 0.2) is 54.6 Å². The van der Waals surface area contributed by atoms with Gasteiger partial charge in [-0.25, -0.2) is 0 Å². The van der Waals surface area contributed by atoms with Crippen molar-refractivity contribution >= 4 is 17.8 Å². The van der Waals surface area contributed by atoms with Gasteiger partial charge in [0.05, 0.1) is 5.54 Å². The Bertz CT molecular complexity index is 1130. The topological polar surface area (TPSA) is 113 Å². The Balaban J connectivity index is 1.43. The largest absolute Gasteiger partial charge is 0.481 e. The van der Waals surface area contributed by atoms with Crippen molar-refractivity contribution in [2.24, 2.45) is 5.73 Å². The highest BCUT2D eigenvalue weighted by molar-refractivity contribution is 5.91. The Labute approximate surface area is 225 Å². The van der Waals surface area contributed by atoms with Gasteiger partial charge in [-0.05, 0) is 86.8 Å². The highest BCUT2D eigenvalue weighted by Gasteiger charge is 2.46. The third-order valence-electron chi connectivity index (χ3n) is 8.34. The van der Waals surface area contributed by atoms with Gasteiger partial charge >= 0.3 is 5.97 Å². The Morgan fingerprint density at radius 1 is 1.08 bits per heavy atom. The van der Waals surface area contributed by atoms with Crippen LogP contribution in [0.4, 0.5) is 0 Å². The van der Waals surface area contributed by atoms with E-state index in [0.29, 0.717) is 25.9 Å². The molecular formula is C31H41N3O4. The zero-order valence-corrected chi connectivity index (χ0v) is 22.6. The number of carboxylic acids is 1. The van der Waals surface area contributed by atoms with E-state index in [9.17, 15) is 19.5 Å². The fourth-order valence-electron chi connectivity index (χ4n) is 6.19. The number of aliphatic carboxylic acids is 1. The van der Waals surface area contributed by atoms with Crippen LogP contribution in [0.1, 0.15) is 81.4 Å². The van der Waals surface area contributed by atoms with E-state index in [2.05, 4.69) is 35.6 Å². The lowest BCUT2D eigenvalue weighted by molar-refractivity contribution is -0.139. The summed E-state index contributed by atoms with van der Waals surface area (Å²) in [5.74, 6) is -0.888. The average molecular weight is 520 g/mol. The molecule has 204 valence electrons. The minimum Gasteiger partial charge on any atom is -0.481 e. The quantitative estimate of drug-likeness (QED) is 0.437. The number of nitrogens with one attached hydrogen (secondary N) is 1. The molecular weight excluding hydrogens is 478 g/mol. The van der Waals surface area contributed by atoms with Crippen molar-refractivity contribution in [3.63, 3.8) is 0 Å². The van der Waals surface area contributed by atoms with Crippen LogP contribution in [0.3, 0.4) is 0 Å². The van der Waals surface area contributed by atoms with E-state index in [4.69, 9.17) is 5.73 Å². The van der Waals surface area contributed by atoms with Crippen molar-refractivity contribution in [1.29, 1.82) is 0 Å². The molecule has 2 amide bonds. The van der Waals surface area contributed by atoms with E-state index in [-0.39, 0.29) is 29.6 Å². The summed E-state index contributed by atoms with van der Waals surface area (Å²) in [5.41, 5.74) is 8.74. The van der Waals surface area contributed by atoms with Gasteiger partial charge < -0.3 is 21.1 Å². The van der Waals surface area contributed by atoms with Crippen LogP contribution in [-0.4, -0.2) is 52.5 Å². The van der Waals surface area contributed by atoms with Crippen molar-refractivity contribution in [1.82, 2.24) is 10.2 Å². The number of carbonyl (C=O) groups excluding carboxylic acids is 2. The van der Waals surface area contributed by atoms with Crippen molar-refractivity contribution in [3.05, 3.63) is 71.3 Å². The number of nitrogens with zero attached hydrogens (tertiary/aromatic N) is 1. The van der Waals surface area contributed by atoms with Crippen LogP contribution in [0.5, 0.6) is 0 Å². The van der Waals surface area contributed by atoms with Gasteiger partial charge in [0.1, 0.15) is 6.04 Å². The SMILES string of the molecule is CC(C)(N)C(=O)N[C@H](CCCc1ccccc1)C(=O)N1CCC2(CC1)CC(CCC(=O)O)c1ccccc12. The van der Waals surface area contributed by atoms with E-state index >= 15 is 0 Å². The van der Waals surface area contributed by atoms with Gasteiger partial charge in [-0.15, -0.1) is 0 Å². The van der Waals surface area contributed by atoms with E-state index in [1.165, 1.54) is 16.7 Å². The number of carboxylic acid groups (broad SMARTS) is 1. The van der Waals surface area contributed by atoms with Crippen molar-refractivity contribution in [2.45, 2.75) is 88.1 Å². The van der Waals surface area contributed by atoms with Gasteiger partial charge in [0.15, 0.2) is 0 Å². The van der Waals surface area contributed by atoms with Crippen LogP contribution in [-0.2, 0) is 26.2 Å². The van der Waals surface area contributed by atoms with Crippen LogP contribution in [0, 0.1) is 0 Å². The molecule has 1 heterocycles. The van der Waals surface area contributed by atoms with Crippen LogP contribution >= 0.6 is 0 Å². The number of hydrogen-bond donors (Lipinski definition) is 3. The van der Waals surface area contributed by atoms with Gasteiger partial charge in [-0.2, -0.15) is 0 Å². The molecule has 1 saturated heterocycles. The third kappa shape index (κ3) is 6.44. The van der Waals surface area contributed by atoms with Gasteiger partial charge in [-0.1, -0.05) is 54.6 Å². The monoisotopic (exact) mass is 519 g/mol. The molecule has 1 fully saturated rings. The first-order chi connectivity index (χ1) is 18.1. The molecule has 1 aliphatic carbocycles. The molecule has 0 radical (unpaired) electrons. The predicted octanol–water partition coefficient (Wildman–Crippen LogP) is 4.14. The molecule has 0 saturated carbocycles. The number of carbonyl (C=O) groups is 3. The molecule has 0 aromatic heterocycles. The predicted molar refractivity (Wildman–Crippen MR) is 148 cm³/mol. The number of rotatable bonds is 10. The number of amides is 2. The minimum atomic E-state index is -1.07. The third-order valence-corrected chi connectivity index (χ3v) is 8.34. The highest BCUT2D eigenvalue weighted by Crippen LogP contribution is 2.53. The molecule has 4 N–H and O–H groups in total. The Morgan fingerprint density at radius 2 is 1.74 bits per heavy atom. The molecule has 7 heteroatoms. The van der Waals surface area contributed by atoms with Gasteiger partial charge in [0.25, 0.3) is 0 Å². The van der Waals surface area contributed by atoms with Crippen molar-refractivity contribution < 1.29 is 19.5 Å². The molecule has 2 aromatic rings. The van der Waals surface area contributed by atoms with Gasteiger partial charge in [0.2, 0.25) is 11.8 Å². The van der Waals surface area contributed by atoms with Gasteiger partial charge in [0, 0.05) is 19.5 Å². The highest BCUT2D eigenvalue weighted by atomic mass is 16.4. The molecule has 2 aromatic carbocycles. The maximum absolute atomic E-state index is 13.7. The summed E-state index contributed by atoms with van der Waals surface area (Å²) in [7, 11) is 0. The zero-order chi connectivity index (χ0) is 27.3. The molecule has 1 unspecified atom stereocenters. The summed E-state index contributed by atoms with van der Waals surface area (Å²) >= 11 is 0.